The number of hydrogen-bond acceptors (Lipinski definition) is 5. The second-order valence-electron chi connectivity index (χ2n) is 7.01. The molecule has 0 aromatic heterocycles. The molecule has 0 heterocycles. The number of ether oxygens (including phenoxy) is 2. The van der Waals surface area contributed by atoms with Gasteiger partial charge in [-0.15, -0.1) is 0 Å². The van der Waals surface area contributed by atoms with Crippen LogP contribution in [-0.4, -0.2) is 36.0 Å². The van der Waals surface area contributed by atoms with Crippen molar-refractivity contribution in [1.82, 2.24) is 5.32 Å². The van der Waals surface area contributed by atoms with Crippen molar-refractivity contribution in [2.45, 2.75) is 73.0 Å². The smallest absolute Gasteiger partial charge is 0.410 e. The van der Waals surface area contributed by atoms with E-state index in [0.29, 0.717) is 12.5 Å². The van der Waals surface area contributed by atoms with Gasteiger partial charge >= 0.3 is 12.1 Å². The topological polar surface area (TPSA) is 102 Å². The van der Waals surface area contributed by atoms with Crippen LogP contribution in [0.4, 0.5) is 4.79 Å². The zero-order valence-corrected chi connectivity index (χ0v) is 16.0. The van der Waals surface area contributed by atoms with Gasteiger partial charge in [-0.2, -0.15) is 0 Å². The predicted molar refractivity (Wildman–Crippen MR) is 93.9 cm³/mol. The minimum atomic E-state index is -0.833. The van der Waals surface area contributed by atoms with Crippen LogP contribution in [-0.2, 0) is 19.1 Å². The molecule has 146 valence electrons. The molecule has 25 heavy (non-hydrogen) atoms. The Hall–Kier alpha value is -1.79. The van der Waals surface area contributed by atoms with E-state index in [2.05, 4.69) is 5.32 Å². The lowest BCUT2D eigenvalue weighted by molar-refractivity contribution is -0.178. The van der Waals surface area contributed by atoms with Gasteiger partial charge in [-0.1, -0.05) is 47.0 Å². The molecule has 0 aromatic carbocycles. The number of esters is 1. The first-order valence-electron chi connectivity index (χ1n) is 8.98. The fourth-order valence-corrected chi connectivity index (χ4v) is 2.31. The Balaban J connectivity index is 0.00000129. The van der Waals surface area contributed by atoms with Crippen LogP contribution in [0.1, 0.15) is 66.7 Å². The van der Waals surface area contributed by atoms with Gasteiger partial charge in [0.25, 0.3) is 12.3 Å². The molecule has 0 spiro atoms. The Morgan fingerprint density at radius 1 is 1.04 bits per heavy atom. The summed E-state index contributed by atoms with van der Waals surface area (Å²) in [6, 6.07) is 0. The molecular formula is C18H33NO6. The highest BCUT2D eigenvalue weighted by molar-refractivity contribution is 5.72. The van der Waals surface area contributed by atoms with Crippen LogP contribution in [0.5, 0.6) is 0 Å². The molecule has 1 atom stereocenters. The first kappa shape index (κ1) is 23.2. The second-order valence-corrected chi connectivity index (χ2v) is 7.01. The van der Waals surface area contributed by atoms with E-state index in [1.807, 2.05) is 13.8 Å². The number of carbonyl (C=O) groups is 3. The average molecular weight is 359 g/mol. The maximum atomic E-state index is 11.8. The molecule has 0 saturated heterocycles. The Kier molecular flexibility index (Phi) is 11.7. The first-order chi connectivity index (χ1) is 11.6. The fraction of sp³-hybridized carbons (Fsp3) is 0.833. The molecule has 2 N–H and O–H groups in total. The van der Waals surface area contributed by atoms with Gasteiger partial charge in [0.1, 0.15) is 0 Å². The first-order valence-corrected chi connectivity index (χ1v) is 8.98. The van der Waals surface area contributed by atoms with E-state index < -0.39 is 18.4 Å². The van der Waals surface area contributed by atoms with E-state index in [0.717, 1.165) is 19.8 Å². The molecule has 7 heteroatoms. The Labute approximate surface area is 150 Å². The van der Waals surface area contributed by atoms with Gasteiger partial charge in [0.05, 0.1) is 5.92 Å². The van der Waals surface area contributed by atoms with Crippen molar-refractivity contribution in [2.75, 3.05) is 6.54 Å². The van der Waals surface area contributed by atoms with Crippen molar-refractivity contribution in [1.29, 1.82) is 0 Å². The number of aliphatic carboxylic acids is 1. The SMILES string of the molecule is CC(=O)O.CC(C)C(=O)OC(OC(=O)NCC1CCCCC1)C(C)C. The minimum absolute atomic E-state index is 0.0758. The van der Waals surface area contributed by atoms with Crippen molar-refractivity contribution in [3.05, 3.63) is 0 Å². The molecule has 1 rings (SSSR count). The highest BCUT2D eigenvalue weighted by Gasteiger charge is 2.24. The lowest BCUT2D eigenvalue weighted by Gasteiger charge is -2.24. The summed E-state index contributed by atoms with van der Waals surface area (Å²) in [5, 5.41) is 10.2. The van der Waals surface area contributed by atoms with E-state index in [4.69, 9.17) is 19.4 Å². The number of rotatable bonds is 6. The maximum Gasteiger partial charge on any atom is 0.410 e. The van der Waals surface area contributed by atoms with Crippen LogP contribution in [0.2, 0.25) is 0 Å². The third-order valence-electron chi connectivity index (χ3n) is 3.73. The highest BCUT2D eigenvalue weighted by Crippen LogP contribution is 2.22. The van der Waals surface area contributed by atoms with Crippen LogP contribution in [0, 0.1) is 17.8 Å². The van der Waals surface area contributed by atoms with E-state index in [9.17, 15) is 9.59 Å². The van der Waals surface area contributed by atoms with E-state index in [-0.39, 0.29) is 17.8 Å². The van der Waals surface area contributed by atoms with E-state index in [1.165, 1.54) is 19.3 Å². The highest BCUT2D eigenvalue weighted by atomic mass is 16.7. The third-order valence-corrected chi connectivity index (χ3v) is 3.73. The Morgan fingerprint density at radius 3 is 2.00 bits per heavy atom. The summed E-state index contributed by atoms with van der Waals surface area (Å²) in [6.45, 7) is 8.94. The summed E-state index contributed by atoms with van der Waals surface area (Å²) in [5.41, 5.74) is 0. The van der Waals surface area contributed by atoms with Crippen molar-refractivity contribution in [3.63, 3.8) is 0 Å². The molecule has 0 bridgehead atoms. The molecule has 7 nitrogen and oxygen atoms in total. The van der Waals surface area contributed by atoms with E-state index >= 15 is 0 Å². The molecule has 1 aliphatic rings. The average Bonchev–Trinajstić information content (AvgIpc) is 2.52. The van der Waals surface area contributed by atoms with E-state index in [1.54, 1.807) is 13.8 Å². The molecular weight excluding hydrogens is 326 g/mol. The molecule has 1 saturated carbocycles. The van der Waals surface area contributed by atoms with Crippen LogP contribution in [0.3, 0.4) is 0 Å². The van der Waals surface area contributed by atoms with Gasteiger partial charge in [0.2, 0.25) is 0 Å². The second kappa shape index (κ2) is 12.6. The standard InChI is InChI=1S/C16H29NO4.C2H4O2/c1-11(2)14(18)20-15(12(3)4)21-16(19)17-10-13-8-6-5-7-9-13;1-2(3)4/h11-13,15H,5-10H2,1-4H3,(H,17,19);1H3,(H,3,4). The van der Waals surface area contributed by atoms with Crippen LogP contribution < -0.4 is 5.32 Å². The number of nitrogens with one attached hydrogen (secondary N) is 1. The molecule has 0 radical (unpaired) electrons. The van der Waals surface area contributed by atoms with Crippen molar-refractivity contribution in [2.24, 2.45) is 17.8 Å². The van der Waals surface area contributed by atoms with Gasteiger partial charge in [-0.05, 0) is 18.8 Å². The Morgan fingerprint density at radius 2 is 1.56 bits per heavy atom. The zero-order chi connectivity index (χ0) is 19.4. The van der Waals surface area contributed by atoms with Gasteiger partial charge in [0.15, 0.2) is 0 Å². The molecule has 0 aliphatic heterocycles. The summed E-state index contributed by atoms with van der Waals surface area (Å²) in [5.74, 6) is -0.955. The molecule has 1 unspecified atom stereocenters. The maximum absolute atomic E-state index is 11.8. The molecule has 1 fully saturated rings. The number of carboxylic acids is 1. The number of hydrogen-bond donors (Lipinski definition) is 2. The number of carbonyl (C=O) groups excluding carboxylic acids is 2. The lowest BCUT2D eigenvalue weighted by Crippen LogP contribution is -2.37. The number of carboxylic acid groups (broad SMARTS) is 1. The minimum Gasteiger partial charge on any atom is -0.481 e. The third kappa shape index (κ3) is 12.3. The summed E-state index contributed by atoms with van der Waals surface area (Å²) in [6.07, 6.45) is 4.76. The van der Waals surface area contributed by atoms with Gasteiger partial charge in [0, 0.05) is 19.4 Å². The van der Waals surface area contributed by atoms with Gasteiger partial charge in [-0.3, -0.25) is 9.59 Å². The fourth-order valence-electron chi connectivity index (χ4n) is 2.31. The predicted octanol–water partition coefficient (Wildman–Crippen LogP) is 3.57. The normalized spacial score (nSPS) is 15.8. The van der Waals surface area contributed by atoms with Crippen LogP contribution in [0.15, 0.2) is 0 Å². The van der Waals surface area contributed by atoms with Crippen LogP contribution in [0.25, 0.3) is 0 Å². The molecule has 1 aliphatic carbocycles. The summed E-state index contributed by atoms with van der Waals surface area (Å²) in [7, 11) is 0. The summed E-state index contributed by atoms with van der Waals surface area (Å²) < 4.78 is 10.4. The summed E-state index contributed by atoms with van der Waals surface area (Å²) in [4.78, 5) is 32.4. The zero-order valence-electron chi connectivity index (χ0n) is 16.0. The number of amides is 1. The quantitative estimate of drug-likeness (QED) is 0.555. The van der Waals surface area contributed by atoms with Crippen molar-refractivity contribution >= 4 is 18.0 Å². The Bertz CT molecular complexity index is 412. The lowest BCUT2D eigenvalue weighted by atomic mass is 9.89. The monoisotopic (exact) mass is 359 g/mol. The van der Waals surface area contributed by atoms with Gasteiger partial charge < -0.3 is 19.9 Å². The number of alkyl carbamates (subject to hydrolysis) is 1. The van der Waals surface area contributed by atoms with Crippen molar-refractivity contribution in [3.8, 4) is 0 Å². The van der Waals surface area contributed by atoms with Crippen LogP contribution >= 0.6 is 0 Å². The summed E-state index contributed by atoms with van der Waals surface area (Å²) >= 11 is 0. The van der Waals surface area contributed by atoms with Crippen molar-refractivity contribution < 1.29 is 29.0 Å². The van der Waals surface area contributed by atoms with Gasteiger partial charge in [-0.25, -0.2) is 4.79 Å². The molecule has 1 amide bonds. The molecule has 0 aromatic rings. The largest absolute Gasteiger partial charge is 0.481 e.